The quantitative estimate of drug-likeness (QED) is 0.239. The average Bonchev–Trinajstić information content (AvgIpc) is 3.40. The van der Waals surface area contributed by atoms with Gasteiger partial charge in [0.25, 0.3) is 0 Å². The van der Waals surface area contributed by atoms with Crippen molar-refractivity contribution in [1.29, 1.82) is 0 Å². The molecule has 8 nitrogen and oxygen atoms in total. The van der Waals surface area contributed by atoms with Gasteiger partial charge in [-0.15, -0.1) is 0 Å². The second-order valence-corrected chi connectivity index (χ2v) is 13.1. The molecule has 3 amide bonds. The Morgan fingerprint density at radius 1 is 1.00 bits per heavy atom. The van der Waals surface area contributed by atoms with Gasteiger partial charge in [-0.25, -0.2) is 4.79 Å². The Morgan fingerprint density at radius 2 is 1.72 bits per heavy atom. The fourth-order valence-corrected chi connectivity index (χ4v) is 6.51. The topological polar surface area (TPSA) is 114 Å². The van der Waals surface area contributed by atoms with E-state index in [1.165, 1.54) is 0 Å². The highest BCUT2D eigenvalue weighted by molar-refractivity contribution is 6.30. The lowest BCUT2D eigenvalue weighted by Crippen LogP contribution is -2.52. The van der Waals surface area contributed by atoms with Gasteiger partial charge in [-0.3, -0.25) is 9.59 Å². The maximum atomic E-state index is 13.6. The van der Waals surface area contributed by atoms with Crippen molar-refractivity contribution in [3.05, 3.63) is 69.7 Å². The summed E-state index contributed by atoms with van der Waals surface area (Å²) >= 11 is 12.5. The van der Waals surface area contributed by atoms with Gasteiger partial charge in [-0.05, 0) is 60.6 Å². The third-order valence-corrected chi connectivity index (χ3v) is 9.20. The van der Waals surface area contributed by atoms with E-state index in [2.05, 4.69) is 16.0 Å². The molecular weight excluding hydrogens is 589 g/mol. The highest BCUT2D eigenvalue weighted by Gasteiger charge is 2.38. The zero-order valence-corrected chi connectivity index (χ0v) is 26.3. The van der Waals surface area contributed by atoms with Crippen LogP contribution in [0.1, 0.15) is 82.4 Å². The monoisotopic (exact) mass is 629 g/mol. The second-order valence-electron chi connectivity index (χ2n) is 12.3. The van der Waals surface area contributed by atoms with Crippen molar-refractivity contribution in [3.8, 4) is 0 Å². The van der Waals surface area contributed by atoms with Gasteiger partial charge < -0.3 is 25.5 Å². The summed E-state index contributed by atoms with van der Waals surface area (Å²) in [6, 6.07) is 12.8. The van der Waals surface area contributed by atoms with Crippen molar-refractivity contribution in [1.82, 2.24) is 16.0 Å². The van der Waals surface area contributed by atoms with Crippen LogP contribution in [0.5, 0.6) is 0 Å². The number of hydrogen-bond donors (Lipinski definition) is 3. The number of carbonyl (C=O) groups excluding carboxylic acids is 4. The molecule has 1 saturated carbocycles. The molecule has 10 heteroatoms. The molecule has 0 radical (unpaired) electrons. The number of carbonyl (C=O) groups is 4. The summed E-state index contributed by atoms with van der Waals surface area (Å²) in [7, 11) is 0. The zero-order valence-electron chi connectivity index (χ0n) is 24.7. The maximum Gasteiger partial charge on any atom is 0.408 e. The fourth-order valence-electron chi connectivity index (χ4n) is 6.19. The van der Waals surface area contributed by atoms with Crippen LogP contribution in [0.2, 0.25) is 10.0 Å². The summed E-state index contributed by atoms with van der Waals surface area (Å²) in [6.07, 6.45) is 5.66. The molecule has 0 spiro atoms. The van der Waals surface area contributed by atoms with E-state index in [1.807, 2.05) is 44.2 Å². The highest BCUT2D eigenvalue weighted by Crippen LogP contribution is 2.41. The van der Waals surface area contributed by atoms with Gasteiger partial charge in [0.1, 0.15) is 18.4 Å². The van der Waals surface area contributed by atoms with Gasteiger partial charge >= 0.3 is 6.09 Å². The molecular formula is C33H41Cl2N3O5. The molecule has 4 rings (SSSR count). The fraction of sp³-hybridized carbons (Fsp3) is 0.515. The van der Waals surface area contributed by atoms with Crippen LogP contribution in [-0.4, -0.2) is 42.8 Å². The zero-order chi connectivity index (χ0) is 31.0. The number of alkyl carbamates (subject to hydrolysis) is 1. The number of benzene rings is 2. The molecule has 1 aliphatic heterocycles. The molecule has 1 aliphatic carbocycles. The van der Waals surface area contributed by atoms with E-state index in [0.717, 1.165) is 43.2 Å². The van der Waals surface area contributed by atoms with Crippen LogP contribution in [-0.2, 0) is 24.5 Å². The van der Waals surface area contributed by atoms with Crippen molar-refractivity contribution >= 4 is 47.4 Å². The molecule has 0 bridgehead atoms. The molecule has 2 aromatic carbocycles. The van der Waals surface area contributed by atoms with E-state index in [-0.39, 0.29) is 24.2 Å². The maximum absolute atomic E-state index is 13.6. The lowest BCUT2D eigenvalue weighted by molar-refractivity contribution is -0.127. The molecule has 4 atom stereocenters. The lowest BCUT2D eigenvalue weighted by Gasteiger charge is -2.35. The summed E-state index contributed by atoms with van der Waals surface area (Å²) < 4.78 is 6.12. The number of rotatable bonds is 12. The van der Waals surface area contributed by atoms with Crippen molar-refractivity contribution in [3.63, 3.8) is 0 Å². The van der Waals surface area contributed by atoms with E-state index in [0.29, 0.717) is 35.7 Å². The van der Waals surface area contributed by atoms with E-state index < -0.39 is 35.6 Å². The lowest BCUT2D eigenvalue weighted by atomic mass is 9.76. The minimum atomic E-state index is -0.907. The Hall–Kier alpha value is -3.10. The summed E-state index contributed by atoms with van der Waals surface area (Å²) in [5.74, 6) is -0.651. The van der Waals surface area contributed by atoms with E-state index in [1.54, 1.807) is 18.2 Å². The first-order valence-corrected chi connectivity index (χ1v) is 15.8. The third kappa shape index (κ3) is 8.96. The summed E-state index contributed by atoms with van der Waals surface area (Å²) in [5.41, 5.74) is 0.893. The van der Waals surface area contributed by atoms with Crippen LogP contribution in [0.25, 0.3) is 0 Å². The summed E-state index contributed by atoms with van der Waals surface area (Å²) in [5, 5.41) is 9.48. The van der Waals surface area contributed by atoms with Gasteiger partial charge in [0, 0.05) is 27.9 Å². The molecule has 1 heterocycles. The Labute approximate surface area is 263 Å². The highest BCUT2D eigenvalue weighted by atomic mass is 35.5. The van der Waals surface area contributed by atoms with Crippen LogP contribution < -0.4 is 16.0 Å². The van der Waals surface area contributed by atoms with E-state index in [9.17, 15) is 19.2 Å². The smallest absolute Gasteiger partial charge is 0.408 e. The minimum Gasteiger partial charge on any atom is -0.440 e. The predicted octanol–water partition coefficient (Wildman–Crippen LogP) is 6.29. The van der Waals surface area contributed by atoms with Crippen molar-refractivity contribution in [2.24, 2.45) is 11.8 Å². The van der Waals surface area contributed by atoms with Gasteiger partial charge in [-0.2, -0.15) is 0 Å². The van der Waals surface area contributed by atoms with Crippen molar-refractivity contribution in [2.75, 3.05) is 6.54 Å². The largest absolute Gasteiger partial charge is 0.440 e. The number of amides is 3. The van der Waals surface area contributed by atoms with E-state index >= 15 is 0 Å². The SMILES string of the molecule is CC(C)(c1cccc(Cl)c1)C(OC(=O)NC(CC1CCCCC1)C(=O)NC(C=O)CC1CCNC1=O)c1ccc(Cl)cc1. The number of aldehydes is 1. The van der Waals surface area contributed by atoms with Crippen LogP contribution in [0, 0.1) is 11.8 Å². The van der Waals surface area contributed by atoms with Gasteiger partial charge in [0.15, 0.2) is 0 Å². The van der Waals surface area contributed by atoms with E-state index in [4.69, 9.17) is 27.9 Å². The van der Waals surface area contributed by atoms with Crippen LogP contribution in [0.3, 0.4) is 0 Å². The average molecular weight is 631 g/mol. The Kier molecular flexibility index (Phi) is 11.5. The summed E-state index contributed by atoms with van der Waals surface area (Å²) in [4.78, 5) is 51.1. The first-order chi connectivity index (χ1) is 20.6. The molecule has 232 valence electrons. The molecule has 4 unspecified atom stereocenters. The number of halogens is 2. The molecule has 2 fully saturated rings. The molecule has 1 saturated heterocycles. The molecule has 2 aliphatic rings. The van der Waals surface area contributed by atoms with Crippen LogP contribution in [0.15, 0.2) is 48.5 Å². The standard InChI is InChI=1S/C33H41Cl2N3O5/c1-33(2,24-9-6-10-26(35)19-24)29(22-11-13-25(34)14-12-22)43-32(42)38-28(17-21-7-4-3-5-8-21)31(41)37-27(20-39)18-23-15-16-36-30(23)40/h6,9-14,19-21,23,27-29H,3-5,7-8,15-18H2,1-2H3,(H,36,40)(H,37,41)(H,38,42). The summed E-state index contributed by atoms with van der Waals surface area (Å²) in [6.45, 7) is 4.48. The van der Waals surface area contributed by atoms with Crippen molar-refractivity contribution < 1.29 is 23.9 Å². The first kappa shape index (κ1) is 32.8. The number of nitrogens with one attached hydrogen (secondary N) is 3. The van der Waals surface area contributed by atoms with Gasteiger partial charge in [0.05, 0.1) is 6.04 Å². The third-order valence-electron chi connectivity index (χ3n) is 8.72. The Balaban J connectivity index is 1.54. The normalized spacial score (nSPS) is 19.5. The minimum absolute atomic E-state index is 0.114. The van der Waals surface area contributed by atoms with Gasteiger partial charge in [0.2, 0.25) is 11.8 Å². The predicted molar refractivity (Wildman–Crippen MR) is 167 cm³/mol. The van der Waals surface area contributed by atoms with Crippen LogP contribution >= 0.6 is 23.2 Å². The Morgan fingerprint density at radius 3 is 2.35 bits per heavy atom. The molecule has 43 heavy (non-hydrogen) atoms. The number of ether oxygens (including phenoxy) is 1. The molecule has 0 aromatic heterocycles. The first-order valence-electron chi connectivity index (χ1n) is 15.1. The molecule has 2 aromatic rings. The molecule has 3 N–H and O–H groups in total. The van der Waals surface area contributed by atoms with Crippen LogP contribution in [0.4, 0.5) is 4.79 Å². The Bertz CT molecular complexity index is 1280. The van der Waals surface area contributed by atoms with Crippen molar-refractivity contribution in [2.45, 2.75) is 88.8 Å². The van der Waals surface area contributed by atoms with Gasteiger partial charge in [-0.1, -0.05) is 93.4 Å². The number of hydrogen-bond acceptors (Lipinski definition) is 5. The second kappa shape index (κ2) is 15.1.